The number of carbonyl (C=O) groups is 2. The van der Waals surface area contributed by atoms with Crippen LogP contribution in [0.5, 0.6) is 11.5 Å². The second kappa shape index (κ2) is 5.53. The second-order valence-corrected chi connectivity index (χ2v) is 6.40. The fourth-order valence-corrected chi connectivity index (χ4v) is 2.87. The maximum atomic E-state index is 12.8. The number of nitrogens with zero attached hydrogens (tertiary/aromatic N) is 4. The average Bonchev–Trinajstić information content (AvgIpc) is 2.83. The Kier molecular flexibility index (Phi) is 3.73. The number of phenols is 2. The maximum Gasteiger partial charge on any atom is 0.230 e. The van der Waals surface area contributed by atoms with Crippen molar-refractivity contribution in [2.24, 2.45) is 0 Å². The normalized spacial score (nSPS) is 13.7. The summed E-state index contributed by atoms with van der Waals surface area (Å²) >= 11 is 0. The van der Waals surface area contributed by atoms with Gasteiger partial charge in [0.2, 0.25) is 22.2 Å². The number of hydroxylamine groups is 3. The van der Waals surface area contributed by atoms with Gasteiger partial charge in [-0.25, -0.2) is 10.4 Å². The first kappa shape index (κ1) is 16.9. The molecule has 10 nitrogen and oxygen atoms in total. The number of benzene rings is 1. The molecule has 1 aromatic carbocycles. The molecular weight excluding hydrogens is 332 g/mol. The van der Waals surface area contributed by atoms with E-state index in [-0.39, 0.29) is 33.7 Å². The monoisotopic (exact) mass is 350 g/mol. The Bertz CT molecular complexity index is 896. The van der Waals surface area contributed by atoms with Crippen LogP contribution in [0.1, 0.15) is 38.5 Å². The Morgan fingerprint density at radius 2 is 1.68 bits per heavy atom. The van der Waals surface area contributed by atoms with Crippen molar-refractivity contribution in [2.75, 3.05) is 20.6 Å². The van der Waals surface area contributed by atoms with Crippen molar-refractivity contribution in [2.45, 2.75) is 13.0 Å². The number of phenolic OH excluding ortho intramolecular Hbond substituents is 2. The zero-order valence-corrected chi connectivity index (χ0v) is 13.7. The number of fused-ring (bicyclic) bond motifs is 2. The van der Waals surface area contributed by atoms with Gasteiger partial charge in [-0.15, -0.1) is 0 Å². The van der Waals surface area contributed by atoms with Crippen molar-refractivity contribution >= 4 is 11.6 Å². The van der Waals surface area contributed by atoms with E-state index in [0.717, 1.165) is 16.8 Å². The first-order valence-corrected chi connectivity index (χ1v) is 7.54. The summed E-state index contributed by atoms with van der Waals surface area (Å²) in [6, 6.07) is 2.22. The number of carbonyl (C=O) groups excluding carboxylic acids is 2. The minimum absolute atomic E-state index is 0.106. The largest absolute Gasteiger partial charge is 0.507 e. The number of ketones is 2. The Morgan fingerprint density at radius 1 is 1.12 bits per heavy atom. The molecule has 0 bridgehead atoms. The molecule has 0 fully saturated rings. The van der Waals surface area contributed by atoms with Crippen molar-refractivity contribution in [1.82, 2.24) is 9.78 Å². The van der Waals surface area contributed by atoms with E-state index in [9.17, 15) is 30.2 Å². The summed E-state index contributed by atoms with van der Waals surface area (Å²) in [5.41, 5.74) is -1.14. The van der Waals surface area contributed by atoms with Gasteiger partial charge in [0.05, 0.1) is 36.9 Å². The van der Waals surface area contributed by atoms with Gasteiger partial charge < -0.3 is 10.2 Å². The zero-order chi connectivity index (χ0) is 18.5. The molecular formula is C15H18N4O6+2. The van der Waals surface area contributed by atoms with Gasteiger partial charge in [-0.2, -0.15) is 4.65 Å². The van der Waals surface area contributed by atoms with Crippen molar-refractivity contribution in [3.8, 4) is 11.5 Å². The van der Waals surface area contributed by atoms with Crippen LogP contribution in [0.4, 0.5) is 0 Å². The van der Waals surface area contributed by atoms with Crippen LogP contribution in [-0.2, 0) is 6.54 Å². The summed E-state index contributed by atoms with van der Waals surface area (Å²) in [7, 11) is 3.14. The van der Waals surface area contributed by atoms with E-state index in [1.54, 1.807) is 14.1 Å². The highest BCUT2D eigenvalue weighted by Crippen LogP contribution is 2.36. The Hall–Kier alpha value is -2.98. The molecule has 0 saturated heterocycles. The third kappa shape index (κ3) is 2.71. The fraction of sp³-hybridized carbons (Fsp3) is 0.333. The van der Waals surface area contributed by atoms with E-state index < -0.39 is 23.1 Å². The number of quaternary nitrogens is 1. The number of aromatic hydroxyl groups is 2. The molecule has 10 heteroatoms. The summed E-state index contributed by atoms with van der Waals surface area (Å²) in [6.45, 7) is 0.437. The third-order valence-electron chi connectivity index (χ3n) is 4.01. The first-order chi connectivity index (χ1) is 11.6. The topological polar surface area (TPSA) is 137 Å². The number of hydrogen-bond donors (Lipinski definition) is 4. The van der Waals surface area contributed by atoms with E-state index >= 15 is 0 Å². The van der Waals surface area contributed by atoms with Gasteiger partial charge in [-0.05, 0) is 12.1 Å². The summed E-state index contributed by atoms with van der Waals surface area (Å²) in [6.07, 6.45) is 0.382. The molecule has 4 N–H and O–H groups in total. The molecule has 1 aromatic heterocycles. The molecule has 25 heavy (non-hydrogen) atoms. The lowest BCUT2D eigenvalue weighted by Gasteiger charge is -2.19. The maximum absolute atomic E-state index is 12.8. The summed E-state index contributed by atoms with van der Waals surface area (Å²) < 4.78 is 0.796. The Morgan fingerprint density at radius 3 is 2.24 bits per heavy atom. The van der Waals surface area contributed by atoms with Crippen LogP contribution in [0.3, 0.4) is 0 Å². The van der Waals surface area contributed by atoms with E-state index in [4.69, 9.17) is 0 Å². The molecule has 132 valence electrons. The van der Waals surface area contributed by atoms with Crippen LogP contribution in [0.15, 0.2) is 12.1 Å². The van der Waals surface area contributed by atoms with Crippen LogP contribution in [0.2, 0.25) is 0 Å². The molecule has 0 saturated carbocycles. The zero-order valence-electron chi connectivity index (χ0n) is 13.7. The van der Waals surface area contributed by atoms with Crippen LogP contribution in [-0.4, -0.2) is 67.3 Å². The highest BCUT2D eigenvalue weighted by molar-refractivity contribution is 6.28. The number of aromatic nitrogens is 3. The van der Waals surface area contributed by atoms with Crippen LogP contribution < -0.4 is 4.96 Å². The van der Waals surface area contributed by atoms with Crippen LogP contribution in [0, 0.1) is 0 Å². The molecule has 3 rings (SSSR count). The van der Waals surface area contributed by atoms with Gasteiger partial charge >= 0.3 is 0 Å². The van der Waals surface area contributed by atoms with Crippen molar-refractivity contribution in [1.29, 1.82) is 0 Å². The number of rotatable bonds is 4. The van der Waals surface area contributed by atoms with Gasteiger partial charge in [0.1, 0.15) is 18.0 Å². The SMILES string of the molecule is C[N+](C)(O)CCCn1c2c(n[n+]1O)C(=O)c1c(O)ccc(O)c1C2=O. The molecule has 0 unspecified atom stereocenters. The average molecular weight is 350 g/mol. The summed E-state index contributed by atoms with van der Waals surface area (Å²) in [4.78, 5) is 25.7. The molecule has 0 aliphatic heterocycles. The first-order valence-electron chi connectivity index (χ1n) is 7.54. The summed E-state index contributed by atoms with van der Waals surface area (Å²) in [5.74, 6) is -2.38. The van der Waals surface area contributed by atoms with Crippen molar-refractivity contribution in [3.63, 3.8) is 0 Å². The second-order valence-electron chi connectivity index (χ2n) is 6.40. The van der Waals surface area contributed by atoms with E-state index in [2.05, 4.69) is 5.10 Å². The van der Waals surface area contributed by atoms with Gasteiger partial charge in [0, 0.05) is 6.42 Å². The molecule has 1 aliphatic carbocycles. The molecule has 0 amide bonds. The van der Waals surface area contributed by atoms with Crippen LogP contribution in [0.25, 0.3) is 0 Å². The smallest absolute Gasteiger partial charge is 0.230 e. The Labute approximate surface area is 141 Å². The molecule has 1 aliphatic rings. The highest BCUT2D eigenvalue weighted by atomic mass is 16.5. The Balaban J connectivity index is 2.07. The van der Waals surface area contributed by atoms with Gasteiger partial charge in [0.15, 0.2) is 5.69 Å². The lowest BCUT2D eigenvalue weighted by molar-refractivity contribution is -1.07. The summed E-state index contributed by atoms with van der Waals surface area (Å²) in [5, 5.41) is 43.2. The molecule has 2 aromatic rings. The quantitative estimate of drug-likeness (QED) is 0.163. The minimum Gasteiger partial charge on any atom is -0.507 e. The number of hydrogen-bond acceptors (Lipinski definition) is 7. The van der Waals surface area contributed by atoms with Gasteiger partial charge in [-0.3, -0.25) is 9.59 Å². The molecule has 0 spiro atoms. The minimum atomic E-state index is -0.766. The third-order valence-corrected chi connectivity index (χ3v) is 4.01. The van der Waals surface area contributed by atoms with E-state index in [1.165, 1.54) is 0 Å². The van der Waals surface area contributed by atoms with Crippen LogP contribution >= 0.6 is 0 Å². The lowest BCUT2D eigenvalue weighted by atomic mass is 9.88. The van der Waals surface area contributed by atoms with Gasteiger partial charge in [-0.1, -0.05) is 4.68 Å². The van der Waals surface area contributed by atoms with Crippen molar-refractivity contribution < 1.29 is 39.8 Å². The standard InChI is InChI=1S/C15H16N4O6/c1-19(2,25)7-3-6-17-13-12(16-18(17)24)14(22)10-8(20)4-5-9(21)11(10)15(13)23/h4-5,24-25H,3,6-7H2,1-2H3/p+2. The predicted molar refractivity (Wildman–Crippen MR) is 79.6 cm³/mol. The van der Waals surface area contributed by atoms with E-state index in [0.29, 0.717) is 17.9 Å². The molecule has 0 radical (unpaired) electrons. The highest BCUT2D eigenvalue weighted by Gasteiger charge is 2.43. The molecule has 1 heterocycles. The molecule has 0 atom stereocenters. The fourth-order valence-electron chi connectivity index (χ4n) is 2.87. The van der Waals surface area contributed by atoms with Crippen molar-refractivity contribution in [3.05, 3.63) is 34.6 Å². The van der Waals surface area contributed by atoms with Gasteiger partial charge in [0.25, 0.3) is 0 Å². The lowest BCUT2D eigenvalue weighted by Crippen LogP contribution is -2.45. The van der Waals surface area contributed by atoms with E-state index in [1.807, 2.05) is 0 Å². The predicted octanol–water partition coefficient (Wildman–Crippen LogP) is -0.550.